The van der Waals surface area contributed by atoms with Gasteiger partial charge in [-0.3, -0.25) is 0 Å². The van der Waals surface area contributed by atoms with Crippen LogP contribution in [-0.4, -0.2) is 15.4 Å². The van der Waals surface area contributed by atoms with Gasteiger partial charge in [-0.25, -0.2) is 0 Å². The number of rotatable bonds is 1. The zero-order chi connectivity index (χ0) is 11.7. The number of H-pyrrole nitrogens is 1. The molecular formula is C13H8N4. The van der Waals surface area contributed by atoms with Crippen molar-refractivity contribution in [3.05, 3.63) is 48.0 Å². The van der Waals surface area contributed by atoms with Crippen molar-refractivity contribution >= 4 is 11.0 Å². The van der Waals surface area contributed by atoms with Gasteiger partial charge in [-0.05, 0) is 12.1 Å². The molecule has 3 aromatic rings. The van der Waals surface area contributed by atoms with Crippen molar-refractivity contribution in [1.29, 1.82) is 5.26 Å². The first-order valence-electron chi connectivity index (χ1n) is 5.19. The van der Waals surface area contributed by atoms with E-state index >= 15 is 0 Å². The first-order chi connectivity index (χ1) is 8.40. The molecule has 0 amide bonds. The molecule has 0 fully saturated rings. The largest absolute Gasteiger partial charge is 0.197 e. The molecule has 17 heavy (non-hydrogen) atoms. The van der Waals surface area contributed by atoms with Gasteiger partial charge in [0.2, 0.25) is 0 Å². The van der Waals surface area contributed by atoms with Crippen molar-refractivity contribution in [2.24, 2.45) is 0 Å². The van der Waals surface area contributed by atoms with Crippen molar-refractivity contribution in [3.8, 4) is 17.2 Å². The lowest BCUT2D eigenvalue weighted by molar-refractivity contribution is 0.959. The van der Waals surface area contributed by atoms with E-state index in [2.05, 4.69) is 21.5 Å². The smallest absolute Gasteiger partial charge is 0.120 e. The molecule has 0 aliphatic heterocycles. The predicted octanol–water partition coefficient (Wildman–Crippen LogP) is 2.50. The summed E-state index contributed by atoms with van der Waals surface area (Å²) >= 11 is 0. The molecule has 3 rings (SSSR count). The Morgan fingerprint density at radius 1 is 0.941 bits per heavy atom. The molecule has 0 aliphatic carbocycles. The molecule has 1 N–H and O–H groups in total. The van der Waals surface area contributed by atoms with Gasteiger partial charge in [0.25, 0.3) is 0 Å². The zero-order valence-corrected chi connectivity index (χ0v) is 8.88. The van der Waals surface area contributed by atoms with Crippen molar-refractivity contribution in [2.75, 3.05) is 0 Å². The van der Waals surface area contributed by atoms with E-state index in [1.165, 1.54) is 0 Å². The maximum absolute atomic E-state index is 9.11. The third-order valence-corrected chi connectivity index (χ3v) is 2.68. The van der Waals surface area contributed by atoms with Gasteiger partial charge in [0.1, 0.15) is 11.0 Å². The van der Waals surface area contributed by atoms with E-state index in [1.54, 1.807) is 6.07 Å². The number of hydrogen-bond acceptors (Lipinski definition) is 3. The van der Waals surface area contributed by atoms with Crippen LogP contribution in [0.15, 0.2) is 42.5 Å². The molecule has 4 heteroatoms. The van der Waals surface area contributed by atoms with E-state index < -0.39 is 0 Å². The Bertz CT molecular complexity index is 721. The van der Waals surface area contributed by atoms with Gasteiger partial charge < -0.3 is 0 Å². The summed E-state index contributed by atoms with van der Waals surface area (Å²) in [5.41, 5.74) is 4.04. The number of aromatic nitrogens is 3. The molecule has 0 aliphatic rings. The van der Waals surface area contributed by atoms with E-state index in [0.717, 1.165) is 22.2 Å². The van der Waals surface area contributed by atoms with Crippen LogP contribution < -0.4 is 0 Å². The summed E-state index contributed by atoms with van der Waals surface area (Å²) in [5.74, 6) is 0. The molecule has 0 saturated heterocycles. The van der Waals surface area contributed by atoms with Gasteiger partial charge in [0, 0.05) is 11.1 Å². The average Bonchev–Trinajstić information content (AvgIpc) is 2.86. The van der Waals surface area contributed by atoms with Gasteiger partial charge in [0.15, 0.2) is 0 Å². The highest BCUT2D eigenvalue weighted by Gasteiger charge is 2.09. The van der Waals surface area contributed by atoms with Crippen LogP contribution in [-0.2, 0) is 0 Å². The molecule has 0 radical (unpaired) electrons. The first kappa shape index (κ1) is 9.55. The van der Waals surface area contributed by atoms with Crippen LogP contribution in [0.1, 0.15) is 5.56 Å². The van der Waals surface area contributed by atoms with Crippen LogP contribution in [0.25, 0.3) is 22.2 Å². The molecule has 0 unspecified atom stereocenters. The first-order valence-corrected chi connectivity index (χ1v) is 5.19. The second-order valence-corrected chi connectivity index (χ2v) is 3.65. The number of nitriles is 1. The highest BCUT2D eigenvalue weighted by atomic mass is 15.3. The maximum Gasteiger partial charge on any atom is 0.120 e. The minimum atomic E-state index is 0.642. The highest BCUT2D eigenvalue weighted by molar-refractivity contribution is 5.92. The monoisotopic (exact) mass is 220 g/mol. The Hall–Kier alpha value is -2.67. The van der Waals surface area contributed by atoms with Gasteiger partial charge >= 0.3 is 0 Å². The molecule has 0 bridgehead atoms. The zero-order valence-electron chi connectivity index (χ0n) is 8.88. The Labute approximate surface area is 97.5 Å². The van der Waals surface area contributed by atoms with Crippen LogP contribution in [0, 0.1) is 11.3 Å². The van der Waals surface area contributed by atoms with Crippen LogP contribution >= 0.6 is 0 Å². The van der Waals surface area contributed by atoms with E-state index in [-0.39, 0.29) is 0 Å². The number of nitrogens with one attached hydrogen (secondary N) is 1. The quantitative estimate of drug-likeness (QED) is 0.685. The molecule has 1 aromatic heterocycles. The standard InChI is InChI=1S/C13H8N4/c14-8-9-4-1-2-5-10(9)11-6-3-7-12-13(11)16-17-15-12/h1-7H,(H,15,16,17). The molecule has 1 heterocycles. The van der Waals surface area contributed by atoms with Gasteiger partial charge in [-0.2, -0.15) is 20.7 Å². The number of fused-ring (bicyclic) bond motifs is 1. The predicted molar refractivity (Wildman–Crippen MR) is 64.0 cm³/mol. The maximum atomic E-state index is 9.11. The lowest BCUT2D eigenvalue weighted by Gasteiger charge is -2.03. The average molecular weight is 220 g/mol. The van der Waals surface area contributed by atoms with Crippen LogP contribution in [0.4, 0.5) is 0 Å². The lowest BCUT2D eigenvalue weighted by Crippen LogP contribution is -1.85. The van der Waals surface area contributed by atoms with Crippen LogP contribution in [0.3, 0.4) is 0 Å². The summed E-state index contributed by atoms with van der Waals surface area (Å²) in [7, 11) is 0. The number of para-hydroxylation sites is 1. The van der Waals surface area contributed by atoms with Gasteiger partial charge in [-0.15, -0.1) is 0 Å². The summed E-state index contributed by atoms with van der Waals surface area (Å²) in [6, 6.07) is 15.4. The van der Waals surface area contributed by atoms with E-state index in [9.17, 15) is 0 Å². The van der Waals surface area contributed by atoms with Crippen LogP contribution in [0.5, 0.6) is 0 Å². The summed E-state index contributed by atoms with van der Waals surface area (Å²) in [6.07, 6.45) is 0. The SMILES string of the molecule is N#Cc1ccccc1-c1cccc2n[nH]nc12. The minimum absolute atomic E-state index is 0.642. The van der Waals surface area contributed by atoms with Crippen molar-refractivity contribution in [3.63, 3.8) is 0 Å². The van der Waals surface area contributed by atoms with Crippen LogP contribution in [0.2, 0.25) is 0 Å². The second kappa shape index (κ2) is 3.72. The van der Waals surface area contributed by atoms with Gasteiger partial charge in [-0.1, -0.05) is 30.3 Å². The molecule has 0 spiro atoms. The minimum Gasteiger partial charge on any atom is -0.197 e. The number of aromatic amines is 1. The Morgan fingerprint density at radius 2 is 1.76 bits per heavy atom. The van der Waals surface area contributed by atoms with Crippen molar-refractivity contribution in [1.82, 2.24) is 15.4 Å². The molecule has 2 aromatic carbocycles. The molecular weight excluding hydrogens is 212 g/mol. The van der Waals surface area contributed by atoms with E-state index in [0.29, 0.717) is 5.56 Å². The second-order valence-electron chi connectivity index (χ2n) is 3.65. The topological polar surface area (TPSA) is 65.4 Å². The summed E-state index contributed by atoms with van der Waals surface area (Å²) in [5, 5.41) is 19.9. The Balaban J connectivity index is 2.35. The highest BCUT2D eigenvalue weighted by Crippen LogP contribution is 2.28. The van der Waals surface area contributed by atoms with Crippen molar-refractivity contribution in [2.45, 2.75) is 0 Å². The summed E-state index contributed by atoms with van der Waals surface area (Å²) < 4.78 is 0. The third kappa shape index (κ3) is 1.45. The fourth-order valence-electron chi connectivity index (χ4n) is 1.90. The molecule has 80 valence electrons. The van der Waals surface area contributed by atoms with E-state index in [4.69, 9.17) is 5.26 Å². The lowest BCUT2D eigenvalue weighted by atomic mass is 9.99. The normalized spacial score (nSPS) is 10.3. The Morgan fingerprint density at radius 3 is 2.65 bits per heavy atom. The number of benzene rings is 2. The fourth-order valence-corrected chi connectivity index (χ4v) is 1.90. The Kier molecular flexibility index (Phi) is 2.09. The van der Waals surface area contributed by atoms with Gasteiger partial charge in [0.05, 0.1) is 11.6 Å². The summed E-state index contributed by atoms with van der Waals surface area (Å²) in [4.78, 5) is 0. The number of nitrogens with zero attached hydrogens (tertiary/aromatic N) is 3. The van der Waals surface area contributed by atoms with E-state index in [1.807, 2.05) is 36.4 Å². The molecule has 0 saturated carbocycles. The van der Waals surface area contributed by atoms with Crippen molar-refractivity contribution < 1.29 is 0 Å². The summed E-state index contributed by atoms with van der Waals surface area (Å²) in [6.45, 7) is 0. The fraction of sp³-hybridized carbons (Fsp3) is 0. The third-order valence-electron chi connectivity index (χ3n) is 2.68. The number of hydrogen-bond donors (Lipinski definition) is 1. The molecule has 4 nitrogen and oxygen atoms in total. The molecule has 0 atom stereocenters.